The number of benzene rings is 2. The van der Waals surface area contributed by atoms with Gasteiger partial charge in [-0.2, -0.15) is 0 Å². The zero-order valence-electron chi connectivity index (χ0n) is 14.8. The number of unbranched alkanes of at least 4 members (excludes halogenated alkanes) is 1. The second-order valence-corrected chi connectivity index (χ2v) is 6.05. The van der Waals surface area contributed by atoms with Gasteiger partial charge in [-0.25, -0.2) is 14.2 Å². The van der Waals surface area contributed by atoms with Gasteiger partial charge in [0.1, 0.15) is 11.3 Å². The molecule has 0 bridgehead atoms. The molecule has 1 heterocycles. The standard InChI is InChI=1S/C21H20FNO3/c1-3-4-12-25-19(24)11-9-15-6-5-7-16(22)20(15)21-23-17-13-14(2)8-10-18(17)26-21/h5-11,13H,3-4,12H2,1-2H3/b11-9+. The van der Waals surface area contributed by atoms with E-state index in [9.17, 15) is 9.18 Å². The topological polar surface area (TPSA) is 52.3 Å². The van der Waals surface area contributed by atoms with E-state index >= 15 is 0 Å². The van der Waals surface area contributed by atoms with Crippen molar-refractivity contribution in [3.05, 3.63) is 59.4 Å². The van der Waals surface area contributed by atoms with Crippen molar-refractivity contribution in [2.45, 2.75) is 26.7 Å². The van der Waals surface area contributed by atoms with Crippen LogP contribution in [0, 0.1) is 12.7 Å². The first kappa shape index (κ1) is 17.9. The lowest BCUT2D eigenvalue weighted by Crippen LogP contribution is -2.01. The van der Waals surface area contributed by atoms with Crippen molar-refractivity contribution in [1.82, 2.24) is 4.98 Å². The fourth-order valence-corrected chi connectivity index (χ4v) is 2.57. The van der Waals surface area contributed by atoms with E-state index in [1.54, 1.807) is 12.1 Å². The smallest absolute Gasteiger partial charge is 0.330 e. The van der Waals surface area contributed by atoms with Crippen LogP contribution in [0.5, 0.6) is 0 Å². The predicted molar refractivity (Wildman–Crippen MR) is 99.0 cm³/mol. The summed E-state index contributed by atoms with van der Waals surface area (Å²) in [6, 6.07) is 10.2. The van der Waals surface area contributed by atoms with Gasteiger partial charge in [-0.05, 0) is 48.7 Å². The second-order valence-electron chi connectivity index (χ2n) is 6.05. The van der Waals surface area contributed by atoms with Gasteiger partial charge in [-0.15, -0.1) is 0 Å². The van der Waals surface area contributed by atoms with E-state index in [0.29, 0.717) is 23.3 Å². The van der Waals surface area contributed by atoms with Crippen molar-refractivity contribution in [1.29, 1.82) is 0 Å². The largest absolute Gasteiger partial charge is 0.463 e. The van der Waals surface area contributed by atoms with Gasteiger partial charge < -0.3 is 9.15 Å². The first-order valence-corrected chi connectivity index (χ1v) is 8.59. The van der Waals surface area contributed by atoms with Crippen LogP contribution in [-0.4, -0.2) is 17.6 Å². The normalized spacial score (nSPS) is 11.3. The van der Waals surface area contributed by atoms with E-state index in [2.05, 4.69) is 4.98 Å². The summed E-state index contributed by atoms with van der Waals surface area (Å²) >= 11 is 0. The molecule has 4 nitrogen and oxygen atoms in total. The van der Waals surface area contributed by atoms with Crippen molar-refractivity contribution in [3.63, 3.8) is 0 Å². The molecule has 0 aliphatic heterocycles. The Hall–Kier alpha value is -2.95. The summed E-state index contributed by atoms with van der Waals surface area (Å²) in [5, 5.41) is 0. The highest BCUT2D eigenvalue weighted by molar-refractivity contribution is 5.89. The van der Waals surface area contributed by atoms with Crippen molar-refractivity contribution in [2.24, 2.45) is 0 Å². The number of aromatic nitrogens is 1. The number of halogens is 1. The summed E-state index contributed by atoms with van der Waals surface area (Å²) in [5.74, 6) is -0.737. The number of carbonyl (C=O) groups excluding carboxylic acids is 1. The van der Waals surface area contributed by atoms with Gasteiger partial charge >= 0.3 is 5.97 Å². The van der Waals surface area contributed by atoms with E-state index in [-0.39, 0.29) is 11.5 Å². The lowest BCUT2D eigenvalue weighted by atomic mass is 10.1. The van der Waals surface area contributed by atoms with Gasteiger partial charge in [0, 0.05) is 6.08 Å². The molecule has 0 N–H and O–H groups in total. The molecule has 0 aliphatic rings. The SMILES string of the molecule is CCCCOC(=O)/C=C/c1cccc(F)c1-c1nc2cc(C)ccc2o1. The van der Waals surface area contributed by atoms with Gasteiger partial charge in [0.25, 0.3) is 0 Å². The van der Waals surface area contributed by atoms with E-state index in [4.69, 9.17) is 9.15 Å². The molecule has 134 valence electrons. The zero-order chi connectivity index (χ0) is 18.5. The molecule has 0 saturated carbocycles. The number of aryl methyl sites for hydroxylation is 1. The number of carbonyl (C=O) groups is 1. The van der Waals surface area contributed by atoms with Crippen LogP contribution in [0.4, 0.5) is 4.39 Å². The minimum atomic E-state index is -0.463. The Kier molecular flexibility index (Phi) is 5.46. The van der Waals surface area contributed by atoms with Crippen LogP contribution in [-0.2, 0) is 9.53 Å². The molecule has 3 aromatic rings. The summed E-state index contributed by atoms with van der Waals surface area (Å²) in [6.45, 7) is 4.35. The number of oxazole rings is 1. The highest BCUT2D eigenvalue weighted by Crippen LogP contribution is 2.30. The molecule has 0 atom stereocenters. The van der Waals surface area contributed by atoms with Gasteiger partial charge in [0.2, 0.25) is 5.89 Å². The van der Waals surface area contributed by atoms with E-state index in [1.165, 1.54) is 18.2 Å². The zero-order valence-corrected chi connectivity index (χ0v) is 14.8. The molecular weight excluding hydrogens is 333 g/mol. The Labute approximate surface area is 151 Å². The minimum absolute atomic E-state index is 0.183. The molecule has 0 aliphatic carbocycles. The van der Waals surface area contributed by atoms with Crippen molar-refractivity contribution < 1.29 is 18.3 Å². The highest BCUT2D eigenvalue weighted by atomic mass is 19.1. The molecule has 0 amide bonds. The number of fused-ring (bicyclic) bond motifs is 1. The van der Waals surface area contributed by atoms with Crippen LogP contribution >= 0.6 is 0 Å². The third kappa shape index (κ3) is 3.99. The Morgan fingerprint density at radius 2 is 2.15 bits per heavy atom. The molecular formula is C21H20FNO3. The molecule has 2 aromatic carbocycles. The van der Waals surface area contributed by atoms with E-state index in [1.807, 2.05) is 32.0 Å². The van der Waals surface area contributed by atoms with Gasteiger partial charge in [0.15, 0.2) is 5.58 Å². The average molecular weight is 353 g/mol. The first-order valence-electron chi connectivity index (χ1n) is 8.59. The molecule has 0 spiro atoms. The van der Waals surface area contributed by atoms with Crippen LogP contribution in [0.3, 0.4) is 0 Å². The summed E-state index contributed by atoms with van der Waals surface area (Å²) < 4.78 is 25.3. The molecule has 0 saturated heterocycles. The molecule has 0 radical (unpaired) electrons. The number of hydrogen-bond donors (Lipinski definition) is 0. The highest BCUT2D eigenvalue weighted by Gasteiger charge is 2.16. The van der Waals surface area contributed by atoms with Crippen LogP contribution in [0.15, 0.2) is 46.9 Å². The number of nitrogens with zero attached hydrogens (tertiary/aromatic N) is 1. The summed E-state index contributed by atoms with van der Waals surface area (Å²) in [7, 11) is 0. The summed E-state index contributed by atoms with van der Waals surface area (Å²) in [4.78, 5) is 16.2. The monoisotopic (exact) mass is 353 g/mol. The number of esters is 1. The Bertz CT molecular complexity index is 959. The van der Waals surface area contributed by atoms with Crippen LogP contribution in [0.25, 0.3) is 28.6 Å². The number of hydrogen-bond acceptors (Lipinski definition) is 4. The Balaban J connectivity index is 1.93. The van der Waals surface area contributed by atoms with Gasteiger partial charge in [0.05, 0.1) is 12.2 Å². The van der Waals surface area contributed by atoms with Gasteiger partial charge in [-0.3, -0.25) is 0 Å². The summed E-state index contributed by atoms with van der Waals surface area (Å²) in [6.07, 6.45) is 4.57. The van der Waals surface area contributed by atoms with Crippen molar-refractivity contribution in [2.75, 3.05) is 6.61 Å². The average Bonchev–Trinajstić information content (AvgIpc) is 3.02. The van der Waals surface area contributed by atoms with Crippen LogP contribution in [0.1, 0.15) is 30.9 Å². The predicted octanol–water partition coefficient (Wildman–Crippen LogP) is 5.30. The fraction of sp³-hybridized carbons (Fsp3) is 0.238. The van der Waals surface area contributed by atoms with E-state index in [0.717, 1.165) is 18.4 Å². The number of ether oxygens (including phenoxy) is 1. The molecule has 0 fully saturated rings. The molecule has 5 heteroatoms. The maximum atomic E-state index is 14.5. The van der Waals surface area contributed by atoms with Crippen molar-refractivity contribution in [3.8, 4) is 11.5 Å². The number of rotatable bonds is 6. The molecule has 3 rings (SSSR count). The van der Waals surface area contributed by atoms with E-state index < -0.39 is 11.8 Å². The lowest BCUT2D eigenvalue weighted by molar-refractivity contribution is -0.137. The van der Waals surface area contributed by atoms with Crippen LogP contribution < -0.4 is 0 Å². The molecule has 26 heavy (non-hydrogen) atoms. The maximum absolute atomic E-state index is 14.5. The Morgan fingerprint density at radius 3 is 2.96 bits per heavy atom. The molecule has 0 unspecified atom stereocenters. The van der Waals surface area contributed by atoms with Crippen LogP contribution in [0.2, 0.25) is 0 Å². The first-order chi connectivity index (χ1) is 12.6. The fourth-order valence-electron chi connectivity index (χ4n) is 2.57. The third-order valence-corrected chi connectivity index (χ3v) is 3.94. The quantitative estimate of drug-likeness (QED) is 0.343. The minimum Gasteiger partial charge on any atom is -0.463 e. The van der Waals surface area contributed by atoms with Crippen molar-refractivity contribution >= 4 is 23.1 Å². The third-order valence-electron chi connectivity index (χ3n) is 3.94. The lowest BCUT2D eigenvalue weighted by Gasteiger charge is -2.04. The Morgan fingerprint density at radius 1 is 1.31 bits per heavy atom. The second kappa shape index (κ2) is 7.95. The molecule has 1 aromatic heterocycles. The van der Waals surface area contributed by atoms with Gasteiger partial charge in [-0.1, -0.05) is 31.5 Å². The summed E-state index contributed by atoms with van der Waals surface area (Å²) in [5.41, 5.74) is 3.01. The maximum Gasteiger partial charge on any atom is 0.330 e.